The van der Waals surface area contributed by atoms with Gasteiger partial charge in [-0.2, -0.15) is 0 Å². The Morgan fingerprint density at radius 3 is 2.39 bits per heavy atom. The van der Waals surface area contributed by atoms with Crippen LogP contribution in [0.2, 0.25) is 0 Å². The fraction of sp³-hybridized carbons (Fsp3) is 0.400. The molecule has 1 aromatic carbocycles. The molecule has 0 bridgehead atoms. The fourth-order valence-corrected chi connectivity index (χ4v) is 1.80. The molecular formula is C15H20O2S. The summed E-state index contributed by atoms with van der Waals surface area (Å²) >= 11 is 1.71. The molecule has 0 aliphatic rings. The van der Waals surface area contributed by atoms with Crippen molar-refractivity contribution in [2.24, 2.45) is 0 Å². The first-order valence-corrected chi connectivity index (χ1v) is 7.15. The lowest BCUT2D eigenvalue weighted by molar-refractivity contribution is -0.153. The second kappa shape index (κ2) is 6.64. The van der Waals surface area contributed by atoms with Crippen LogP contribution in [0.1, 0.15) is 32.8 Å². The molecule has 3 heteroatoms. The van der Waals surface area contributed by atoms with Gasteiger partial charge >= 0.3 is 5.97 Å². The lowest BCUT2D eigenvalue weighted by Crippen LogP contribution is -2.23. The van der Waals surface area contributed by atoms with Crippen molar-refractivity contribution in [2.75, 3.05) is 6.26 Å². The third kappa shape index (κ3) is 5.92. The maximum absolute atomic E-state index is 11.5. The number of hydrogen-bond acceptors (Lipinski definition) is 3. The average molecular weight is 264 g/mol. The topological polar surface area (TPSA) is 26.3 Å². The van der Waals surface area contributed by atoms with Crippen LogP contribution in [0, 0.1) is 0 Å². The van der Waals surface area contributed by atoms with Crippen LogP contribution in [0.15, 0.2) is 35.2 Å². The molecule has 0 amide bonds. The summed E-state index contributed by atoms with van der Waals surface area (Å²) in [6.45, 7) is 5.61. The van der Waals surface area contributed by atoms with E-state index in [2.05, 4.69) is 12.1 Å². The highest BCUT2D eigenvalue weighted by molar-refractivity contribution is 7.98. The van der Waals surface area contributed by atoms with E-state index in [-0.39, 0.29) is 5.97 Å². The van der Waals surface area contributed by atoms with Gasteiger partial charge in [0.25, 0.3) is 0 Å². The van der Waals surface area contributed by atoms with E-state index in [4.69, 9.17) is 4.74 Å². The van der Waals surface area contributed by atoms with Crippen molar-refractivity contribution in [2.45, 2.75) is 37.7 Å². The van der Waals surface area contributed by atoms with Crippen LogP contribution in [0.25, 0.3) is 6.08 Å². The Hall–Kier alpha value is -1.22. The Balaban J connectivity index is 2.47. The number of esters is 1. The van der Waals surface area contributed by atoms with Gasteiger partial charge in [0.15, 0.2) is 0 Å². The molecule has 0 aromatic heterocycles. The predicted molar refractivity (Wildman–Crippen MR) is 77.7 cm³/mol. The van der Waals surface area contributed by atoms with E-state index >= 15 is 0 Å². The first kappa shape index (κ1) is 14.8. The molecule has 0 saturated heterocycles. The molecule has 98 valence electrons. The van der Waals surface area contributed by atoms with Crippen LogP contribution >= 0.6 is 11.8 Å². The SMILES string of the molecule is CSc1ccc(/C=C/CC(=O)OC(C)(C)C)cc1. The summed E-state index contributed by atoms with van der Waals surface area (Å²) in [7, 11) is 0. The molecule has 0 spiro atoms. The smallest absolute Gasteiger partial charge is 0.310 e. The van der Waals surface area contributed by atoms with Gasteiger partial charge < -0.3 is 4.74 Å². The van der Waals surface area contributed by atoms with Crippen molar-refractivity contribution in [1.29, 1.82) is 0 Å². The molecular weight excluding hydrogens is 244 g/mol. The largest absolute Gasteiger partial charge is 0.460 e. The third-order valence-electron chi connectivity index (χ3n) is 2.13. The van der Waals surface area contributed by atoms with Gasteiger partial charge in [-0.15, -0.1) is 11.8 Å². The third-order valence-corrected chi connectivity index (χ3v) is 2.87. The summed E-state index contributed by atoms with van der Waals surface area (Å²) in [6, 6.07) is 8.21. The molecule has 0 N–H and O–H groups in total. The van der Waals surface area contributed by atoms with Crippen molar-refractivity contribution in [3.8, 4) is 0 Å². The van der Waals surface area contributed by atoms with Crippen molar-refractivity contribution < 1.29 is 9.53 Å². The summed E-state index contributed by atoms with van der Waals surface area (Å²) in [5.41, 5.74) is 0.682. The van der Waals surface area contributed by atoms with Gasteiger partial charge in [-0.05, 0) is 44.7 Å². The number of rotatable bonds is 4. The molecule has 0 atom stereocenters. The van der Waals surface area contributed by atoms with Gasteiger partial charge in [-0.1, -0.05) is 24.3 Å². The lowest BCUT2D eigenvalue weighted by atomic mass is 10.2. The summed E-state index contributed by atoms with van der Waals surface area (Å²) in [4.78, 5) is 12.7. The molecule has 0 fully saturated rings. The molecule has 1 aromatic rings. The van der Waals surface area contributed by atoms with E-state index in [0.29, 0.717) is 6.42 Å². The van der Waals surface area contributed by atoms with E-state index in [1.807, 2.05) is 51.3 Å². The normalized spacial score (nSPS) is 11.8. The van der Waals surface area contributed by atoms with Gasteiger partial charge in [-0.25, -0.2) is 0 Å². The summed E-state index contributed by atoms with van der Waals surface area (Å²) in [6.07, 6.45) is 6.13. The van der Waals surface area contributed by atoms with Crippen molar-refractivity contribution in [3.05, 3.63) is 35.9 Å². The number of benzene rings is 1. The zero-order chi connectivity index (χ0) is 13.6. The lowest BCUT2D eigenvalue weighted by Gasteiger charge is -2.18. The van der Waals surface area contributed by atoms with Gasteiger partial charge in [0.1, 0.15) is 5.60 Å². The second-order valence-corrected chi connectivity index (χ2v) is 5.85. The minimum Gasteiger partial charge on any atom is -0.460 e. The minimum absolute atomic E-state index is 0.195. The van der Waals surface area contributed by atoms with Crippen LogP contribution in [0.3, 0.4) is 0 Å². The van der Waals surface area contributed by atoms with Gasteiger partial charge in [0.2, 0.25) is 0 Å². The summed E-state index contributed by atoms with van der Waals surface area (Å²) < 4.78 is 5.22. The Kier molecular flexibility index (Phi) is 5.48. The number of thioether (sulfide) groups is 1. The molecule has 0 unspecified atom stereocenters. The Morgan fingerprint density at radius 1 is 1.28 bits per heavy atom. The van der Waals surface area contributed by atoms with Crippen LogP contribution < -0.4 is 0 Å². The van der Waals surface area contributed by atoms with E-state index in [1.165, 1.54) is 4.90 Å². The maximum Gasteiger partial charge on any atom is 0.310 e. The molecule has 2 nitrogen and oxygen atoms in total. The highest BCUT2D eigenvalue weighted by Gasteiger charge is 2.14. The van der Waals surface area contributed by atoms with Gasteiger partial charge in [-0.3, -0.25) is 4.79 Å². The Labute approximate surface area is 113 Å². The van der Waals surface area contributed by atoms with E-state index < -0.39 is 5.60 Å². The van der Waals surface area contributed by atoms with E-state index in [1.54, 1.807) is 11.8 Å². The first-order valence-electron chi connectivity index (χ1n) is 5.93. The van der Waals surface area contributed by atoms with E-state index in [9.17, 15) is 4.79 Å². The molecule has 1 rings (SSSR count). The summed E-state index contributed by atoms with van der Waals surface area (Å²) in [5.74, 6) is -0.195. The van der Waals surface area contributed by atoms with Crippen molar-refractivity contribution in [1.82, 2.24) is 0 Å². The highest BCUT2D eigenvalue weighted by atomic mass is 32.2. The van der Waals surface area contributed by atoms with Crippen LogP contribution in [-0.2, 0) is 9.53 Å². The number of carbonyl (C=O) groups excluding carboxylic acids is 1. The maximum atomic E-state index is 11.5. The standard InChI is InChI=1S/C15H20O2S/c1-15(2,3)17-14(16)7-5-6-12-8-10-13(18-4)11-9-12/h5-6,8-11H,7H2,1-4H3/b6-5+. The minimum atomic E-state index is -0.412. The van der Waals surface area contributed by atoms with Crippen LogP contribution in [0.5, 0.6) is 0 Å². The summed E-state index contributed by atoms with van der Waals surface area (Å²) in [5, 5.41) is 0. The van der Waals surface area contributed by atoms with Gasteiger partial charge in [0, 0.05) is 4.90 Å². The van der Waals surface area contributed by atoms with Gasteiger partial charge in [0.05, 0.1) is 6.42 Å². The first-order chi connectivity index (χ1) is 8.40. The molecule has 0 radical (unpaired) electrons. The molecule has 0 aliphatic carbocycles. The van der Waals surface area contributed by atoms with Crippen LogP contribution in [-0.4, -0.2) is 17.8 Å². The Bertz CT molecular complexity index is 413. The van der Waals surface area contributed by atoms with Crippen molar-refractivity contribution in [3.63, 3.8) is 0 Å². The number of carbonyl (C=O) groups is 1. The zero-order valence-corrected chi connectivity index (χ0v) is 12.2. The second-order valence-electron chi connectivity index (χ2n) is 4.97. The molecule has 0 saturated carbocycles. The highest BCUT2D eigenvalue weighted by Crippen LogP contribution is 2.15. The number of hydrogen-bond donors (Lipinski definition) is 0. The van der Waals surface area contributed by atoms with E-state index in [0.717, 1.165) is 5.56 Å². The molecule has 18 heavy (non-hydrogen) atoms. The average Bonchev–Trinajstić information content (AvgIpc) is 2.27. The monoisotopic (exact) mass is 264 g/mol. The molecule has 0 heterocycles. The Morgan fingerprint density at radius 2 is 1.89 bits per heavy atom. The predicted octanol–water partition coefficient (Wildman–Crippen LogP) is 4.15. The van der Waals surface area contributed by atoms with Crippen LogP contribution in [0.4, 0.5) is 0 Å². The zero-order valence-electron chi connectivity index (χ0n) is 11.4. The number of ether oxygens (including phenoxy) is 1. The molecule has 0 aliphatic heterocycles. The van der Waals surface area contributed by atoms with Crippen molar-refractivity contribution >= 4 is 23.8 Å². The quantitative estimate of drug-likeness (QED) is 0.603. The fourth-order valence-electron chi connectivity index (χ4n) is 1.39.